The fourth-order valence-electron chi connectivity index (χ4n) is 2.22. The van der Waals surface area contributed by atoms with Crippen molar-refractivity contribution in [3.63, 3.8) is 0 Å². The van der Waals surface area contributed by atoms with E-state index in [-0.39, 0.29) is 6.42 Å². The van der Waals surface area contributed by atoms with Crippen LogP contribution in [0.5, 0.6) is 0 Å². The van der Waals surface area contributed by atoms with Gasteiger partial charge in [-0.25, -0.2) is 0 Å². The summed E-state index contributed by atoms with van der Waals surface area (Å²) in [5.41, 5.74) is 3.06. The van der Waals surface area contributed by atoms with Crippen LogP contribution in [0.25, 0.3) is 22.5 Å². The number of carbonyl (C=O) groups is 1. The van der Waals surface area contributed by atoms with Crippen LogP contribution in [0.3, 0.4) is 0 Å². The first-order valence-electron chi connectivity index (χ1n) is 6.03. The molecule has 19 heavy (non-hydrogen) atoms. The molecule has 0 fully saturated rings. The fourth-order valence-corrected chi connectivity index (χ4v) is 2.22. The lowest BCUT2D eigenvalue weighted by atomic mass is 10.00. The molecule has 2 aliphatic rings. The fraction of sp³-hybridized carbons (Fsp3) is 0.0625. The van der Waals surface area contributed by atoms with E-state index >= 15 is 0 Å². The second-order valence-corrected chi connectivity index (χ2v) is 4.37. The average Bonchev–Trinajstić information content (AvgIpc) is 2.86. The Labute approximate surface area is 110 Å². The standard InChI is InChI=1S/C16H12O3/c17-16(18)10-12-9-14(11-5-2-1-3-6-11)13-7-4-8-15(13)19-12/h1-9H,10H2,(H,17,18). The van der Waals surface area contributed by atoms with Crippen molar-refractivity contribution in [1.29, 1.82) is 0 Å². The van der Waals surface area contributed by atoms with Gasteiger partial charge in [0, 0.05) is 5.56 Å². The first-order chi connectivity index (χ1) is 9.24. The van der Waals surface area contributed by atoms with Crippen LogP contribution in [0.2, 0.25) is 0 Å². The van der Waals surface area contributed by atoms with E-state index in [2.05, 4.69) is 0 Å². The van der Waals surface area contributed by atoms with Crippen molar-refractivity contribution in [2.45, 2.75) is 6.42 Å². The van der Waals surface area contributed by atoms with Gasteiger partial charge < -0.3 is 9.52 Å². The van der Waals surface area contributed by atoms with Gasteiger partial charge in [0.05, 0.1) is 0 Å². The molecule has 0 radical (unpaired) electrons. The zero-order valence-corrected chi connectivity index (χ0v) is 10.2. The number of hydrogen-bond donors (Lipinski definition) is 1. The van der Waals surface area contributed by atoms with Gasteiger partial charge in [-0.2, -0.15) is 0 Å². The maximum absolute atomic E-state index is 10.8. The number of benzene rings is 1. The summed E-state index contributed by atoms with van der Waals surface area (Å²) in [7, 11) is 0. The molecule has 3 rings (SSSR count). The van der Waals surface area contributed by atoms with Crippen molar-refractivity contribution < 1.29 is 14.3 Å². The molecule has 1 N–H and O–H groups in total. The number of carboxylic acids is 1. The molecule has 1 aromatic rings. The van der Waals surface area contributed by atoms with Crippen molar-refractivity contribution in [1.82, 2.24) is 0 Å². The van der Waals surface area contributed by atoms with Gasteiger partial charge in [0.1, 0.15) is 17.9 Å². The van der Waals surface area contributed by atoms with Gasteiger partial charge in [-0.1, -0.05) is 42.5 Å². The molecule has 3 nitrogen and oxygen atoms in total. The Balaban J connectivity index is 2.18. The van der Waals surface area contributed by atoms with Crippen LogP contribution in [-0.4, -0.2) is 11.1 Å². The quantitative estimate of drug-likeness (QED) is 0.773. The smallest absolute Gasteiger partial charge is 0.311 e. The zero-order valence-electron chi connectivity index (χ0n) is 10.2. The van der Waals surface area contributed by atoms with E-state index in [9.17, 15) is 4.79 Å². The highest BCUT2D eigenvalue weighted by atomic mass is 16.4. The summed E-state index contributed by atoms with van der Waals surface area (Å²) in [6, 6.07) is 17.4. The third-order valence-corrected chi connectivity index (χ3v) is 3.02. The number of hydrogen-bond acceptors (Lipinski definition) is 2. The van der Waals surface area contributed by atoms with Gasteiger partial charge in [-0.15, -0.1) is 0 Å². The Morgan fingerprint density at radius 3 is 2.53 bits per heavy atom. The molecule has 0 saturated heterocycles. The van der Waals surface area contributed by atoms with Crippen molar-refractivity contribution >= 4 is 5.97 Å². The lowest BCUT2D eigenvalue weighted by Crippen LogP contribution is -2.01. The number of carboxylic acid groups (broad SMARTS) is 1. The Morgan fingerprint density at radius 2 is 1.79 bits per heavy atom. The molecule has 94 valence electrons. The Bertz CT molecular complexity index is 682. The van der Waals surface area contributed by atoms with Gasteiger partial charge in [-0.3, -0.25) is 4.79 Å². The predicted molar refractivity (Wildman–Crippen MR) is 72.1 cm³/mol. The van der Waals surface area contributed by atoms with E-state index in [1.54, 1.807) is 0 Å². The molecule has 1 aliphatic heterocycles. The summed E-state index contributed by atoms with van der Waals surface area (Å²) >= 11 is 0. The molecule has 1 aliphatic carbocycles. The maximum atomic E-state index is 10.8. The molecule has 0 saturated carbocycles. The van der Waals surface area contributed by atoms with E-state index in [1.165, 1.54) is 0 Å². The largest absolute Gasteiger partial charge is 0.481 e. The SMILES string of the molecule is O=C(O)Cc1cc(-c2ccccc2)c2cccc-2o1. The topological polar surface area (TPSA) is 50.4 Å². The molecule has 0 amide bonds. The Morgan fingerprint density at radius 1 is 1.00 bits per heavy atom. The second-order valence-electron chi connectivity index (χ2n) is 4.37. The summed E-state index contributed by atoms with van der Waals surface area (Å²) < 4.78 is 5.59. The van der Waals surface area contributed by atoms with Crippen LogP contribution in [0, 0.1) is 0 Å². The third-order valence-electron chi connectivity index (χ3n) is 3.02. The lowest BCUT2D eigenvalue weighted by Gasteiger charge is -2.10. The molecular weight excluding hydrogens is 240 g/mol. The number of aliphatic carboxylic acids is 1. The first kappa shape index (κ1) is 11.5. The van der Waals surface area contributed by atoms with Crippen molar-refractivity contribution in [2.75, 3.05) is 0 Å². The second kappa shape index (κ2) is 4.61. The molecule has 0 unspecified atom stereocenters. The van der Waals surface area contributed by atoms with E-state index in [0.29, 0.717) is 5.76 Å². The van der Waals surface area contributed by atoms with Crippen LogP contribution >= 0.6 is 0 Å². The first-order valence-corrected chi connectivity index (χ1v) is 6.03. The molecule has 3 heteroatoms. The summed E-state index contributed by atoms with van der Waals surface area (Å²) in [5, 5.41) is 8.89. The van der Waals surface area contributed by atoms with E-state index in [0.717, 1.165) is 22.5 Å². The highest BCUT2D eigenvalue weighted by molar-refractivity contribution is 5.83. The summed E-state index contributed by atoms with van der Waals surface area (Å²) in [6.07, 6.45) is -0.110. The summed E-state index contributed by atoms with van der Waals surface area (Å²) in [4.78, 5) is 10.8. The van der Waals surface area contributed by atoms with Gasteiger partial charge in [-0.05, 0) is 23.3 Å². The van der Waals surface area contributed by atoms with Gasteiger partial charge in [0.2, 0.25) is 0 Å². The van der Waals surface area contributed by atoms with Crippen LogP contribution in [0.1, 0.15) is 5.76 Å². The van der Waals surface area contributed by atoms with Gasteiger partial charge in [0.25, 0.3) is 0 Å². The predicted octanol–water partition coefficient (Wildman–Crippen LogP) is 3.68. The number of rotatable bonds is 3. The van der Waals surface area contributed by atoms with Crippen LogP contribution in [0.15, 0.2) is 59.0 Å². The minimum atomic E-state index is -0.895. The molecule has 0 aromatic heterocycles. The Kier molecular flexibility index (Phi) is 2.80. The molecule has 0 spiro atoms. The summed E-state index contributed by atoms with van der Waals surface area (Å²) in [5.74, 6) is 0.288. The molecule has 1 heterocycles. The maximum Gasteiger partial charge on any atom is 0.311 e. The minimum Gasteiger partial charge on any atom is -0.481 e. The molecule has 0 atom stereocenters. The van der Waals surface area contributed by atoms with Crippen LogP contribution in [-0.2, 0) is 11.2 Å². The van der Waals surface area contributed by atoms with E-state index in [1.807, 2.05) is 54.6 Å². The number of fused-ring (bicyclic) bond motifs is 1. The van der Waals surface area contributed by atoms with Crippen LogP contribution < -0.4 is 0 Å². The third kappa shape index (κ3) is 2.22. The van der Waals surface area contributed by atoms with E-state index in [4.69, 9.17) is 9.52 Å². The lowest BCUT2D eigenvalue weighted by molar-refractivity contribution is -0.136. The molecular formula is C16H12O3. The average molecular weight is 252 g/mol. The monoisotopic (exact) mass is 252 g/mol. The normalized spacial score (nSPS) is 10.7. The molecule has 0 bridgehead atoms. The van der Waals surface area contributed by atoms with Crippen molar-refractivity contribution in [3.8, 4) is 22.5 Å². The van der Waals surface area contributed by atoms with E-state index < -0.39 is 5.97 Å². The van der Waals surface area contributed by atoms with Crippen molar-refractivity contribution in [3.05, 3.63) is 60.4 Å². The van der Waals surface area contributed by atoms with Crippen LogP contribution in [0.4, 0.5) is 0 Å². The summed E-state index contributed by atoms with van der Waals surface area (Å²) in [6.45, 7) is 0. The molecule has 1 aromatic carbocycles. The highest BCUT2D eigenvalue weighted by Gasteiger charge is 2.15. The highest BCUT2D eigenvalue weighted by Crippen LogP contribution is 2.35. The van der Waals surface area contributed by atoms with Crippen molar-refractivity contribution in [2.24, 2.45) is 0 Å². The zero-order chi connectivity index (χ0) is 13.2. The minimum absolute atomic E-state index is 0.110. The van der Waals surface area contributed by atoms with Gasteiger partial charge >= 0.3 is 5.97 Å². The van der Waals surface area contributed by atoms with Gasteiger partial charge in [0.15, 0.2) is 0 Å². The Hall–Kier alpha value is -2.55.